The minimum atomic E-state index is 0.696. The topological polar surface area (TPSA) is 12.5 Å². The molecular formula is C35H47NO. The molecule has 0 aliphatic heterocycles. The van der Waals surface area contributed by atoms with E-state index in [-0.39, 0.29) is 0 Å². The molecule has 3 rings (SSSR count). The van der Waals surface area contributed by atoms with E-state index in [4.69, 9.17) is 4.74 Å². The molecule has 0 aliphatic carbocycles. The number of benzene rings is 3. The van der Waals surface area contributed by atoms with Crippen molar-refractivity contribution < 1.29 is 4.74 Å². The van der Waals surface area contributed by atoms with Gasteiger partial charge in [-0.2, -0.15) is 0 Å². The molecule has 0 aromatic heterocycles. The maximum Gasteiger partial charge on any atom is 0.119 e. The van der Waals surface area contributed by atoms with Crippen LogP contribution in [0.1, 0.15) is 87.8 Å². The van der Waals surface area contributed by atoms with Crippen molar-refractivity contribution in [2.24, 2.45) is 0 Å². The van der Waals surface area contributed by atoms with Gasteiger partial charge in [0.05, 0.1) is 0 Å². The molecule has 3 aromatic carbocycles. The predicted octanol–water partition coefficient (Wildman–Crippen LogP) is 9.51. The first-order valence-corrected chi connectivity index (χ1v) is 14.4. The van der Waals surface area contributed by atoms with Crippen LogP contribution in [0, 0.1) is 0 Å². The van der Waals surface area contributed by atoms with Crippen LogP contribution in [0.5, 0.6) is 5.75 Å². The Morgan fingerprint density at radius 1 is 0.595 bits per heavy atom. The van der Waals surface area contributed by atoms with Crippen LogP contribution in [0.4, 0.5) is 0 Å². The molecule has 0 radical (unpaired) electrons. The smallest absolute Gasteiger partial charge is 0.119 e. The largest absolute Gasteiger partial charge is 0.492 e. The summed E-state index contributed by atoms with van der Waals surface area (Å²) < 4.78 is 5.98. The molecule has 0 bridgehead atoms. The molecule has 0 saturated heterocycles. The second kappa shape index (κ2) is 16.8. The number of nitrogens with zero attached hydrogens (tertiary/aromatic N) is 1. The lowest BCUT2D eigenvalue weighted by Gasteiger charge is -2.18. The Bertz CT molecular complexity index is 1020. The van der Waals surface area contributed by atoms with E-state index in [0.29, 0.717) is 6.61 Å². The standard InChI is InChI=1S/C35H47NO/c1-4-5-6-7-8-9-10-11-18-23-34(30-19-14-12-15-20-30)35(31-21-16-13-17-22-31)32-24-26-33(27-25-32)37-29-28-36(2)3/h12-17,19-22,24-27H,4-11,18,23,28-29H2,1-3H3. The van der Waals surface area contributed by atoms with E-state index >= 15 is 0 Å². The third-order valence-corrected chi connectivity index (χ3v) is 6.97. The summed E-state index contributed by atoms with van der Waals surface area (Å²) in [6.07, 6.45) is 13.2. The van der Waals surface area contributed by atoms with Crippen molar-refractivity contribution in [3.63, 3.8) is 0 Å². The van der Waals surface area contributed by atoms with Crippen LogP contribution in [0.3, 0.4) is 0 Å². The van der Waals surface area contributed by atoms with Crippen LogP contribution in [0.15, 0.2) is 84.9 Å². The highest BCUT2D eigenvalue weighted by atomic mass is 16.5. The normalized spacial score (nSPS) is 12.0. The van der Waals surface area contributed by atoms with Gasteiger partial charge in [0.1, 0.15) is 12.4 Å². The van der Waals surface area contributed by atoms with Crippen molar-refractivity contribution in [2.75, 3.05) is 27.2 Å². The quantitative estimate of drug-likeness (QED) is 0.136. The van der Waals surface area contributed by atoms with E-state index in [1.807, 2.05) is 0 Å². The molecule has 0 aliphatic rings. The molecule has 0 heterocycles. The van der Waals surface area contributed by atoms with Gasteiger partial charge >= 0.3 is 0 Å². The second-order valence-electron chi connectivity index (χ2n) is 10.3. The first-order chi connectivity index (χ1) is 18.2. The molecule has 0 amide bonds. The molecule has 198 valence electrons. The number of ether oxygens (including phenoxy) is 1. The highest BCUT2D eigenvalue weighted by Gasteiger charge is 2.14. The summed E-state index contributed by atoms with van der Waals surface area (Å²) >= 11 is 0. The highest BCUT2D eigenvalue weighted by Crippen LogP contribution is 2.36. The summed E-state index contributed by atoms with van der Waals surface area (Å²) in [7, 11) is 4.14. The summed E-state index contributed by atoms with van der Waals surface area (Å²) in [6, 6.07) is 30.6. The molecule has 0 N–H and O–H groups in total. The minimum absolute atomic E-state index is 0.696. The molecular weight excluding hydrogens is 450 g/mol. The maximum atomic E-state index is 5.98. The molecule has 0 fully saturated rings. The number of unbranched alkanes of at least 4 members (excludes halogenated alkanes) is 8. The van der Waals surface area contributed by atoms with Crippen molar-refractivity contribution in [1.82, 2.24) is 4.90 Å². The fourth-order valence-electron chi connectivity index (χ4n) is 4.85. The van der Waals surface area contributed by atoms with Gasteiger partial charge in [0, 0.05) is 6.54 Å². The van der Waals surface area contributed by atoms with Crippen LogP contribution >= 0.6 is 0 Å². The van der Waals surface area contributed by atoms with Crippen LogP contribution in [-0.2, 0) is 0 Å². The lowest BCUT2D eigenvalue weighted by Crippen LogP contribution is -2.19. The Morgan fingerprint density at radius 3 is 1.68 bits per heavy atom. The van der Waals surface area contributed by atoms with Crippen LogP contribution in [0.25, 0.3) is 11.1 Å². The van der Waals surface area contributed by atoms with Crippen molar-refractivity contribution >= 4 is 11.1 Å². The average Bonchev–Trinajstić information content (AvgIpc) is 2.93. The molecule has 37 heavy (non-hydrogen) atoms. The fraction of sp³-hybridized carbons (Fsp3) is 0.429. The van der Waals surface area contributed by atoms with Gasteiger partial charge in [0.15, 0.2) is 0 Å². The van der Waals surface area contributed by atoms with Gasteiger partial charge in [-0.25, -0.2) is 0 Å². The summed E-state index contributed by atoms with van der Waals surface area (Å²) in [5.41, 5.74) is 6.63. The van der Waals surface area contributed by atoms with E-state index < -0.39 is 0 Å². The van der Waals surface area contributed by atoms with Gasteiger partial charge in [0.25, 0.3) is 0 Å². The van der Waals surface area contributed by atoms with E-state index in [0.717, 1.165) is 18.7 Å². The zero-order valence-corrected chi connectivity index (χ0v) is 23.4. The Morgan fingerprint density at radius 2 is 1.11 bits per heavy atom. The Balaban J connectivity index is 1.80. The van der Waals surface area contributed by atoms with E-state index in [1.165, 1.54) is 85.6 Å². The van der Waals surface area contributed by atoms with Crippen molar-refractivity contribution in [3.05, 3.63) is 102 Å². The molecule has 2 heteroatoms. The second-order valence-corrected chi connectivity index (χ2v) is 10.3. The molecule has 0 unspecified atom stereocenters. The number of rotatable bonds is 17. The number of hydrogen-bond acceptors (Lipinski definition) is 2. The van der Waals surface area contributed by atoms with Gasteiger partial charge in [-0.15, -0.1) is 0 Å². The highest BCUT2D eigenvalue weighted by molar-refractivity contribution is 5.98. The SMILES string of the molecule is CCCCCCCCCCCC(=C(c1ccccc1)c1ccc(OCCN(C)C)cc1)c1ccccc1. The number of likely N-dealkylation sites (N-methyl/N-ethyl adjacent to an activating group) is 1. The van der Waals surface area contributed by atoms with E-state index in [9.17, 15) is 0 Å². The summed E-state index contributed by atoms with van der Waals surface area (Å²) in [5.74, 6) is 0.929. The van der Waals surface area contributed by atoms with Crippen molar-refractivity contribution in [2.45, 2.75) is 71.1 Å². The zero-order chi connectivity index (χ0) is 26.1. The summed E-state index contributed by atoms with van der Waals surface area (Å²) in [6.45, 7) is 3.89. The first-order valence-electron chi connectivity index (χ1n) is 14.4. The average molecular weight is 498 g/mol. The summed E-state index contributed by atoms with van der Waals surface area (Å²) in [5, 5.41) is 0. The summed E-state index contributed by atoms with van der Waals surface area (Å²) in [4.78, 5) is 2.14. The molecule has 3 aromatic rings. The zero-order valence-electron chi connectivity index (χ0n) is 23.4. The molecule has 2 nitrogen and oxygen atoms in total. The van der Waals surface area contributed by atoms with Gasteiger partial charge in [-0.1, -0.05) is 131 Å². The third kappa shape index (κ3) is 10.2. The first kappa shape index (κ1) is 28.7. The Hall–Kier alpha value is -2.84. The minimum Gasteiger partial charge on any atom is -0.492 e. The number of allylic oxidation sites excluding steroid dienone is 1. The lowest BCUT2D eigenvalue weighted by atomic mass is 9.86. The van der Waals surface area contributed by atoms with Gasteiger partial charge < -0.3 is 9.64 Å². The monoisotopic (exact) mass is 497 g/mol. The van der Waals surface area contributed by atoms with Gasteiger partial charge in [0.2, 0.25) is 0 Å². The van der Waals surface area contributed by atoms with Crippen LogP contribution < -0.4 is 4.74 Å². The van der Waals surface area contributed by atoms with Crippen LogP contribution in [-0.4, -0.2) is 32.1 Å². The maximum absolute atomic E-state index is 5.98. The molecule has 0 spiro atoms. The predicted molar refractivity (Wildman–Crippen MR) is 161 cm³/mol. The fourth-order valence-corrected chi connectivity index (χ4v) is 4.85. The van der Waals surface area contributed by atoms with E-state index in [2.05, 4.69) is 111 Å². The van der Waals surface area contributed by atoms with E-state index in [1.54, 1.807) is 0 Å². The Labute approximate surface area is 226 Å². The van der Waals surface area contributed by atoms with Crippen molar-refractivity contribution in [1.29, 1.82) is 0 Å². The number of hydrogen-bond donors (Lipinski definition) is 0. The van der Waals surface area contributed by atoms with Gasteiger partial charge in [-0.3, -0.25) is 0 Å². The molecule has 0 atom stereocenters. The van der Waals surface area contributed by atoms with Gasteiger partial charge in [-0.05, 0) is 66.9 Å². The third-order valence-electron chi connectivity index (χ3n) is 6.97. The Kier molecular flexibility index (Phi) is 13.1. The lowest BCUT2D eigenvalue weighted by molar-refractivity contribution is 0.261. The van der Waals surface area contributed by atoms with Crippen molar-refractivity contribution in [3.8, 4) is 5.75 Å². The van der Waals surface area contributed by atoms with Crippen LogP contribution in [0.2, 0.25) is 0 Å². The molecule has 0 saturated carbocycles.